The van der Waals surface area contributed by atoms with Gasteiger partial charge in [0.15, 0.2) is 0 Å². The monoisotopic (exact) mass is 307 g/mol. The molecule has 2 saturated heterocycles. The zero-order chi connectivity index (χ0) is 12.8. The Labute approximate surface area is 116 Å². The lowest BCUT2D eigenvalue weighted by Gasteiger charge is -2.30. The number of halogens is 1. The second-order valence-corrected chi connectivity index (χ2v) is 8.23. The zero-order valence-corrected chi connectivity index (χ0v) is 12.1. The average Bonchev–Trinajstić information content (AvgIpc) is 2.96. The molecule has 0 N–H and O–H groups in total. The molecule has 2 fully saturated rings. The summed E-state index contributed by atoms with van der Waals surface area (Å²) < 4.78 is 32.6. The minimum Gasteiger partial charge on any atom is -0.372 e. The minimum atomic E-state index is -3.36. The fourth-order valence-corrected chi connectivity index (χ4v) is 5.59. The van der Waals surface area contributed by atoms with Crippen LogP contribution in [0.1, 0.15) is 17.7 Å². The van der Waals surface area contributed by atoms with Crippen LogP contribution in [0.25, 0.3) is 0 Å². The maximum atomic E-state index is 12.5. The Balaban J connectivity index is 1.86. The first-order valence-electron chi connectivity index (χ1n) is 5.90. The first-order valence-corrected chi connectivity index (χ1v) is 8.69. The number of thiophene rings is 1. The first-order chi connectivity index (χ1) is 8.59. The molecule has 2 unspecified atom stereocenters. The Kier molecular flexibility index (Phi) is 3.40. The van der Waals surface area contributed by atoms with Crippen LogP contribution in [0.5, 0.6) is 0 Å². The number of rotatable bonds is 3. The summed E-state index contributed by atoms with van der Waals surface area (Å²) in [5, 5.41) is 0. The maximum Gasteiger partial charge on any atom is 0.252 e. The average molecular weight is 308 g/mol. The van der Waals surface area contributed by atoms with Crippen molar-refractivity contribution in [2.24, 2.45) is 0 Å². The van der Waals surface area contributed by atoms with Crippen LogP contribution in [-0.2, 0) is 20.6 Å². The van der Waals surface area contributed by atoms with Gasteiger partial charge in [0.05, 0.1) is 18.1 Å². The van der Waals surface area contributed by atoms with E-state index in [9.17, 15) is 8.42 Å². The summed E-state index contributed by atoms with van der Waals surface area (Å²) in [6.07, 6.45) is 2.08. The van der Waals surface area contributed by atoms with Gasteiger partial charge in [-0.15, -0.1) is 22.9 Å². The molecule has 3 heterocycles. The number of alkyl halides is 1. The molecule has 0 amide bonds. The molecule has 18 heavy (non-hydrogen) atoms. The largest absolute Gasteiger partial charge is 0.372 e. The highest BCUT2D eigenvalue weighted by molar-refractivity contribution is 7.91. The van der Waals surface area contributed by atoms with Gasteiger partial charge in [-0.1, -0.05) is 0 Å². The normalized spacial score (nSPS) is 28.7. The van der Waals surface area contributed by atoms with Gasteiger partial charge in [0.2, 0.25) is 0 Å². The lowest BCUT2D eigenvalue weighted by molar-refractivity contribution is -0.0114. The van der Waals surface area contributed by atoms with Crippen LogP contribution in [0, 0.1) is 0 Å². The second-order valence-electron chi connectivity index (χ2n) is 4.63. The summed E-state index contributed by atoms with van der Waals surface area (Å²) in [5.74, 6) is 0.356. The molecular weight excluding hydrogens is 294 g/mol. The summed E-state index contributed by atoms with van der Waals surface area (Å²) >= 11 is 6.97. The molecule has 2 bridgehead atoms. The molecule has 1 aromatic heterocycles. The fourth-order valence-electron chi connectivity index (χ4n) is 2.47. The Morgan fingerprint density at radius 3 is 2.56 bits per heavy atom. The summed E-state index contributed by atoms with van der Waals surface area (Å²) in [5.41, 5.74) is 0. The molecule has 2 aliphatic heterocycles. The number of hydrogen-bond donors (Lipinski definition) is 0. The quantitative estimate of drug-likeness (QED) is 0.803. The number of sulfonamides is 1. The van der Waals surface area contributed by atoms with Crippen LogP contribution in [0.2, 0.25) is 0 Å². The molecule has 2 aliphatic rings. The SMILES string of the molecule is O=S(=O)(c1ccc(CCl)s1)N1CC2CCC(C1)O2. The Morgan fingerprint density at radius 1 is 1.33 bits per heavy atom. The van der Waals surface area contributed by atoms with Gasteiger partial charge in [-0.25, -0.2) is 8.42 Å². The summed E-state index contributed by atoms with van der Waals surface area (Å²) in [4.78, 5) is 0.881. The third-order valence-corrected chi connectivity index (χ3v) is 7.20. The lowest BCUT2D eigenvalue weighted by Crippen LogP contribution is -2.45. The predicted molar refractivity (Wildman–Crippen MR) is 70.5 cm³/mol. The minimum absolute atomic E-state index is 0.0750. The van der Waals surface area contributed by atoms with Crippen molar-refractivity contribution in [3.63, 3.8) is 0 Å². The number of hydrogen-bond acceptors (Lipinski definition) is 4. The molecule has 4 nitrogen and oxygen atoms in total. The molecule has 0 saturated carbocycles. The molecule has 0 aliphatic carbocycles. The fraction of sp³-hybridized carbons (Fsp3) is 0.636. The van der Waals surface area contributed by atoms with Gasteiger partial charge in [-0.05, 0) is 25.0 Å². The topological polar surface area (TPSA) is 46.6 Å². The zero-order valence-electron chi connectivity index (χ0n) is 9.71. The Morgan fingerprint density at radius 2 is 2.00 bits per heavy atom. The van der Waals surface area contributed by atoms with E-state index in [1.54, 1.807) is 16.4 Å². The highest BCUT2D eigenvalue weighted by Gasteiger charge is 2.39. The van der Waals surface area contributed by atoms with Gasteiger partial charge in [-0.2, -0.15) is 4.31 Å². The predicted octanol–water partition coefficient (Wildman–Crippen LogP) is 2.04. The van der Waals surface area contributed by atoms with Gasteiger partial charge in [0.1, 0.15) is 4.21 Å². The van der Waals surface area contributed by atoms with Crippen molar-refractivity contribution in [3.05, 3.63) is 17.0 Å². The van der Waals surface area contributed by atoms with E-state index in [2.05, 4.69) is 0 Å². The molecule has 1 aromatic rings. The van der Waals surface area contributed by atoms with Gasteiger partial charge in [0.25, 0.3) is 10.0 Å². The lowest BCUT2D eigenvalue weighted by atomic mass is 10.2. The molecule has 0 spiro atoms. The van der Waals surface area contributed by atoms with E-state index in [-0.39, 0.29) is 12.2 Å². The van der Waals surface area contributed by atoms with Crippen molar-refractivity contribution in [2.45, 2.75) is 35.1 Å². The van der Waals surface area contributed by atoms with Gasteiger partial charge >= 0.3 is 0 Å². The van der Waals surface area contributed by atoms with Crippen LogP contribution in [0.15, 0.2) is 16.3 Å². The van der Waals surface area contributed by atoms with E-state index in [0.717, 1.165) is 17.7 Å². The standard InChI is InChI=1S/C11H14ClNO3S2/c12-5-10-3-4-11(17-10)18(14,15)13-6-8-1-2-9(7-13)16-8/h3-4,8-9H,1-2,5-7H2. The van der Waals surface area contributed by atoms with Crippen LogP contribution >= 0.6 is 22.9 Å². The van der Waals surface area contributed by atoms with E-state index < -0.39 is 10.0 Å². The van der Waals surface area contributed by atoms with Gasteiger partial charge < -0.3 is 4.74 Å². The molecule has 100 valence electrons. The smallest absolute Gasteiger partial charge is 0.252 e. The van der Waals surface area contributed by atoms with Crippen molar-refractivity contribution in [1.29, 1.82) is 0 Å². The Hall–Kier alpha value is -0.140. The Bertz CT molecular complexity index is 530. The molecule has 3 rings (SSSR count). The molecular formula is C11H14ClNO3S2. The summed E-state index contributed by atoms with van der Waals surface area (Å²) in [6.45, 7) is 0.958. The second kappa shape index (κ2) is 4.76. The van der Waals surface area contributed by atoms with E-state index in [4.69, 9.17) is 16.3 Å². The van der Waals surface area contributed by atoms with E-state index >= 15 is 0 Å². The van der Waals surface area contributed by atoms with Crippen LogP contribution < -0.4 is 0 Å². The van der Waals surface area contributed by atoms with Crippen molar-refractivity contribution in [3.8, 4) is 0 Å². The van der Waals surface area contributed by atoms with Crippen molar-refractivity contribution in [1.82, 2.24) is 4.31 Å². The highest BCUT2D eigenvalue weighted by Crippen LogP contribution is 2.32. The third-order valence-electron chi connectivity index (χ3n) is 3.37. The molecule has 0 radical (unpaired) electrons. The molecule has 7 heteroatoms. The first kappa shape index (κ1) is 12.9. The van der Waals surface area contributed by atoms with E-state index in [1.165, 1.54) is 11.3 Å². The van der Waals surface area contributed by atoms with E-state index in [0.29, 0.717) is 23.2 Å². The number of nitrogens with zero attached hydrogens (tertiary/aromatic N) is 1. The van der Waals surface area contributed by atoms with Crippen LogP contribution in [0.4, 0.5) is 0 Å². The van der Waals surface area contributed by atoms with Crippen molar-refractivity contribution >= 4 is 33.0 Å². The van der Waals surface area contributed by atoms with Crippen LogP contribution in [-0.4, -0.2) is 38.0 Å². The van der Waals surface area contributed by atoms with Crippen molar-refractivity contribution < 1.29 is 13.2 Å². The van der Waals surface area contributed by atoms with E-state index in [1.807, 2.05) is 0 Å². The van der Waals surface area contributed by atoms with Gasteiger partial charge in [-0.3, -0.25) is 0 Å². The molecule has 0 aromatic carbocycles. The highest BCUT2D eigenvalue weighted by atomic mass is 35.5. The summed E-state index contributed by atoms with van der Waals surface area (Å²) in [6, 6.07) is 3.43. The van der Waals surface area contributed by atoms with Crippen LogP contribution in [0.3, 0.4) is 0 Å². The number of fused-ring (bicyclic) bond motifs is 2. The molecule has 2 atom stereocenters. The number of ether oxygens (including phenoxy) is 1. The van der Waals surface area contributed by atoms with Crippen molar-refractivity contribution in [2.75, 3.05) is 13.1 Å². The third kappa shape index (κ3) is 2.20. The summed E-state index contributed by atoms with van der Waals surface area (Å²) in [7, 11) is -3.36. The van der Waals surface area contributed by atoms with Gasteiger partial charge in [0, 0.05) is 18.0 Å². The number of morpholine rings is 1. The maximum absolute atomic E-state index is 12.5.